The molecule has 0 saturated heterocycles. The van der Waals surface area contributed by atoms with Gasteiger partial charge < -0.3 is 5.32 Å². The van der Waals surface area contributed by atoms with Crippen LogP contribution in [0.5, 0.6) is 0 Å². The Kier molecular flexibility index (Phi) is 5.02. The fourth-order valence-corrected chi connectivity index (χ4v) is 2.27. The van der Waals surface area contributed by atoms with Gasteiger partial charge in [-0.2, -0.15) is 0 Å². The first kappa shape index (κ1) is 15.6. The highest BCUT2D eigenvalue weighted by Gasteiger charge is 2.09. The Hall–Kier alpha value is -1.81. The van der Waals surface area contributed by atoms with Gasteiger partial charge in [0.05, 0.1) is 5.69 Å². The highest BCUT2D eigenvalue weighted by molar-refractivity contribution is 5.55. The van der Waals surface area contributed by atoms with Gasteiger partial charge in [-0.05, 0) is 50.4 Å². The van der Waals surface area contributed by atoms with Crippen molar-refractivity contribution < 1.29 is 0 Å². The van der Waals surface area contributed by atoms with Crippen molar-refractivity contribution in [1.82, 2.24) is 20.3 Å². The van der Waals surface area contributed by atoms with E-state index in [9.17, 15) is 0 Å². The van der Waals surface area contributed by atoms with Crippen molar-refractivity contribution in [3.63, 3.8) is 0 Å². The molecule has 2 aromatic rings. The third kappa shape index (κ3) is 4.33. The van der Waals surface area contributed by atoms with Crippen LogP contribution >= 0.6 is 0 Å². The van der Waals surface area contributed by atoms with Gasteiger partial charge in [0.15, 0.2) is 5.82 Å². The third-order valence-electron chi connectivity index (χ3n) is 3.19. The average Bonchev–Trinajstić information content (AvgIpc) is 2.37. The molecule has 2 heterocycles. The molecule has 0 amide bonds. The van der Waals surface area contributed by atoms with Crippen LogP contribution in [0.1, 0.15) is 36.4 Å². The van der Waals surface area contributed by atoms with Crippen molar-refractivity contribution in [1.29, 1.82) is 0 Å². The molecule has 2 rings (SSSR count). The quantitative estimate of drug-likeness (QED) is 0.916. The van der Waals surface area contributed by atoms with Gasteiger partial charge in [-0.3, -0.25) is 4.98 Å². The van der Waals surface area contributed by atoms with Crippen LogP contribution in [-0.4, -0.2) is 21.5 Å². The Morgan fingerprint density at radius 3 is 2.52 bits per heavy atom. The van der Waals surface area contributed by atoms with E-state index < -0.39 is 0 Å². The average molecular weight is 284 g/mol. The van der Waals surface area contributed by atoms with Gasteiger partial charge >= 0.3 is 0 Å². The second kappa shape index (κ2) is 6.76. The Morgan fingerprint density at radius 1 is 1.10 bits per heavy atom. The fraction of sp³-hybridized carbons (Fsp3) is 0.471. The summed E-state index contributed by atoms with van der Waals surface area (Å²) in [5.41, 5.74) is 5.13. The Morgan fingerprint density at radius 2 is 1.86 bits per heavy atom. The normalized spacial score (nSPS) is 11.1. The van der Waals surface area contributed by atoms with Gasteiger partial charge in [-0.1, -0.05) is 19.9 Å². The number of hydrogen-bond acceptors (Lipinski definition) is 4. The van der Waals surface area contributed by atoms with Crippen LogP contribution in [-0.2, 0) is 6.54 Å². The molecule has 112 valence electrons. The molecule has 1 N–H and O–H groups in total. The Labute approximate surface area is 127 Å². The van der Waals surface area contributed by atoms with E-state index in [1.807, 2.05) is 26.1 Å². The molecule has 0 aliphatic heterocycles. The predicted molar refractivity (Wildman–Crippen MR) is 86.0 cm³/mol. The summed E-state index contributed by atoms with van der Waals surface area (Å²) in [6, 6.07) is 4.14. The molecule has 0 spiro atoms. The topological polar surface area (TPSA) is 50.7 Å². The molecule has 4 heteroatoms. The molecule has 0 aromatic carbocycles. The molecular weight excluding hydrogens is 260 g/mol. The summed E-state index contributed by atoms with van der Waals surface area (Å²) in [5, 5.41) is 3.42. The number of nitrogens with one attached hydrogen (secondary N) is 1. The number of pyridine rings is 1. The highest BCUT2D eigenvalue weighted by atomic mass is 15.0. The smallest absolute Gasteiger partial charge is 0.178 e. The minimum atomic E-state index is 0.633. The van der Waals surface area contributed by atoms with E-state index in [0.717, 1.165) is 41.3 Å². The molecule has 0 saturated carbocycles. The molecule has 0 bridgehead atoms. The molecular formula is C17H24N4. The van der Waals surface area contributed by atoms with E-state index in [1.165, 1.54) is 0 Å². The number of nitrogens with zero attached hydrogens (tertiary/aromatic N) is 3. The summed E-state index contributed by atoms with van der Waals surface area (Å²) in [6.45, 7) is 12.2. The molecule has 0 unspecified atom stereocenters. The van der Waals surface area contributed by atoms with Gasteiger partial charge in [0.25, 0.3) is 0 Å². The standard InChI is InChI=1S/C17H24N4/c1-11(2)8-18-10-15-7-14(5)20-17(21-15)16-13(4)6-12(3)9-19-16/h6-7,9,11,18H,8,10H2,1-5H3. The van der Waals surface area contributed by atoms with Gasteiger partial charge in [0.2, 0.25) is 0 Å². The van der Waals surface area contributed by atoms with Crippen LogP contribution in [0.2, 0.25) is 0 Å². The first-order valence-corrected chi connectivity index (χ1v) is 7.44. The molecule has 2 aromatic heterocycles. The second-order valence-corrected chi connectivity index (χ2v) is 6.03. The van der Waals surface area contributed by atoms with E-state index in [4.69, 9.17) is 0 Å². The van der Waals surface area contributed by atoms with E-state index in [1.54, 1.807) is 0 Å². The number of hydrogen-bond donors (Lipinski definition) is 1. The lowest BCUT2D eigenvalue weighted by Gasteiger charge is -2.10. The van der Waals surface area contributed by atoms with Crippen molar-refractivity contribution in [2.75, 3.05) is 6.54 Å². The Balaban J connectivity index is 2.26. The summed E-state index contributed by atoms with van der Waals surface area (Å²) in [4.78, 5) is 13.7. The van der Waals surface area contributed by atoms with Crippen molar-refractivity contribution >= 4 is 0 Å². The first-order valence-electron chi connectivity index (χ1n) is 7.44. The first-order chi connectivity index (χ1) is 9.95. The maximum absolute atomic E-state index is 4.66. The van der Waals surface area contributed by atoms with E-state index in [0.29, 0.717) is 11.7 Å². The third-order valence-corrected chi connectivity index (χ3v) is 3.19. The number of aromatic nitrogens is 3. The molecule has 0 fully saturated rings. The van der Waals surface area contributed by atoms with Crippen LogP contribution in [0.15, 0.2) is 18.3 Å². The number of aryl methyl sites for hydroxylation is 3. The van der Waals surface area contributed by atoms with E-state index in [-0.39, 0.29) is 0 Å². The minimum Gasteiger partial charge on any atom is -0.311 e. The summed E-state index contributed by atoms with van der Waals surface area (Å²) in [6.07, 6.45) is 1.87. The van der Waals surface area contributed by atoms with Gasteiger partial charge in [-0.25, -0.2) is 9.97 Å². The summed E-state index contributed by atoms with van der Waals surface area (Å²) >= 11 is 0. The zero-order valence-electron chi connectivity index (χ0n) is 13.6. The van der Waals surface area contributed by atoms with Gasteiger partial charge in [-0.15, -0.1) is 0 Å². The van der Waals surface area contributed by atoms with E-state index >= 15 is 0 Å². The monoisotopic (exact) mass is 284 g/mol. The van der Waals surface area contributed by atoms with Crippen molar-refractivity contribution in [2.45, 2.75) is 41.2 Å². The fourth-order valence-electron chi connectivity index (χ4n) is 2.27. The lowest BCUT2D eigenvalue weighted by Crippen LogP contribution is -2.20. The second-order valence-electron chi connectivity index (χ2n) is 6.03. The summed E-state index contributed by atoms with van der Waals surface area (Å²) in [5.74, 6) is 1.35. The van der Waals surface area contributed by atoms with Crippen LogP contribution in [0.3, 0.4) is 0 Å². The van der Waals surface area contributed by atoms with Crippen molar-refractivity contribution in [3.05, 3.63) is 40.8 Å². The van der Waals surface area contributed by atoms with Crippen LogP contribution < -0.4 is 5.32 Å². The molecule has 0 aliphatic rings. The lowest BCUT2D eigenvalue weighted by molar-refractivity contribution is 0.548. The largest absolute Gasteiger partial charge is 0.311 e. The molecule has 0 radical (unpaired) electrons. The maximum Gasteiger partial charge on any atom is 0.178 e. The highest BCUT2D eigenvalue weighted by Crippen LogP contribution is 2.18. The van der Waals surface area contributed by atoms with E-state index in [2.05, 4.69) is 47.1 Å². The van der Waals surface area contributed by atoms with Gasteiger partial charge in [0.1, 0.15) is 5.69 Å². The zero-order chi connectivity index (χ0) is 15.4. The van der Waals surface area contributed by atoms with Crippen molar-refractivity contribution in [3.8, 4) is 11.5 Å². The molecule has 0 aliphatic carbocycles. The zero-order valence-corrected chi connectivity index (χ0v) is 13.6. The molecule has 0 atom stereocenters. The van der Waals surface area contributed by atoms with Crippen LogP contribution in [0.25, 0.3) is 11.5 Å². The SMILES string of the molecule is Cc1cnc(-c2nc(C)cc(CNCC(C)C)n2)c(C)c1. The van der Waals surface area contributed by atoms with Crippen LogP contribution in [0, 0.1) is 26.7 Å². The minimum absolute atomic E-state index is 0.633. The van der Waals surface area contributed by atoms with Crippen LogP contribution in [0.4, 0.5) is 0 Å². The Bertz CT molecular complexity index is 620. The molecule has 21 heavy (non-hydrogen) atoms. The van der Waals surface area contributed by atoms with Crippen molar-refractivity contribution in [2.24, 2.45) is 5.92 Å². The molecule has 4 nitrogen and oxygen atoms in total. The summed E-state index contributed by atoms with van der Waals surface area (Å²) < 4.78 is 0. The number of rotatable bonds is 5. The summed E-state index contributed by atoms with van der Waals surface area (Å²) in [7, 11) is 0. The lowest BCUT2D eigenvalue weighted by atomic mass is 10.1. The van der Waals surface area contributed by atoms with Gasteiger partial charge in [0, 0.05) is 18.4 Å². The maximum atomic E-state index is 4.66. The predicted octanol–water partition coefficient (Wildman–Crippen LogP) is 3.21.